The van der Waals surface area contributed by atoms with Crippen molar-refractivity contribution in [3.05, 3.63) is 69.7 Å². The maximum atomic E-state index is 9.75. The van der Waals surface area contributed by atoms with Gasteiger partial charge in [-0.05, 0) is 55.4 Å². The van der Waals surface area contributed by atoms with Crippen molar-refractivity contribution in [1.82, 2.24) is 0 Å². The number of benzene rings is 2. The lowest BCUT2D eigenvalue weighted by atomic mass is 9.92. The van der Waals surface area contributed by atoms with E-state index in [9.17, 15) is 5.11 Å². The molecule has 2 aromatic rings. The highest BCUT2D eigenvalue weighted by Crippen LogP contribution is 2.38. The Morgan fingerprint density at radius 1 is 0.852 bits per heavy atom. The fraction of sp³-hybridized carbons (Fsp3) is 0.500. The van der Waals surface area contributed by atoms with Gasteiger partial charge in [0, 0.05) is 23.4 Å². The minimum atomic E-state index is -0.140. The largest absolute Gasteiger partial charge is 0.392 e. The smallest absolute Gasteiger partial charge is 0.0639 e. The van der Waals surface area contributed by atoms with E-state index in [4.69, 9.17) is 4.74 Å². The third-order valence-electron chi connectivity index (χ3n) is 6.13. The first kappa shape index (κ1) is 20.6. The molecule has 0 spiro atoms. The number of hydrogen-bond acceptors (Lipinski definition) is 2. The first-order chi connectivity index (χ1) is 13.1. The van der Waals surface area contributed by atoms with E-state index in [2.05, 4.69) is 53.2 Å². The van der Waals surface area contributed by atoms with Gasteiger partial charge in [0.2, 0.25) is 0 Å². The zero-order valence-electron chi connectivity index (χ0n) is 16.4. The molecule has 2 saturated carbocycles. The van der Waals surface area contributed by atoms with Crippen LogP contribution in [0.3, 0.4) is 0 Å². The third-order valence-corrected chi connectivity index (χ3v) is 6.85. The molecular formula is C24H31BrO2. The van der Waals surface area contributed by atoms with Gasteiger partial charge in [0.05, 0.1) is 12.2 Å². The number of aryl methyl sites for hydroxylation is 1. The van der Waals surface area contributed by atoms with Crippen molar-refractivity contribution >= 4 is 15.9 Å². The first-order valence-corrected chi connectivity index (χ1v) is 10.9. The molecule has 4 atom stereocenters. The quantitative estimate of drug-likeness (QED) is 0.613. The van der Waals surface area contributed by atoms with E-state index in [1.165, 1.54) is 36.0 Å². The number of hydrogen-bond donors (Lipinski definition) is 1. The molecule has 4 rings (SSSR count). The van der Waals surface area contributed by atoms with Gasteiger partial charge in [0.25, 0.3) is 0 Å². The van der Waals surface area contributed by atoms with Crippen molar-refractivity contribution < 1.29 is 9.84 Å². The fourth-order valence-corrected chi connectivity index (χ4v) is 5.22. The van der Waals surface area contributed by atoms with Gasteiger partial charge in [-0.3, -0.25) is 0 Å². The topological polar surface area (TPSA) is 29.5 Å². The number of aliphatic hydroxyl groups is 1. The molecule has 2 fully saturated rings. The molecule has 0 aromatic heterocycles. The molecule has 0 aliphatic heterocycles. The van der Waals surface area contributed by atoms with Crippen LogP contribution in [0.1, 0.15) is 67.1 Å². The van der Waals surface area contributed by atoms with Crippen LogP contribution in [-0.4, -0.2) is 24.4 Å². The van der Waals surface area contributed by atoms with E-state index in [0.717, 1.165) is 23.7 Å². The molecule has 0 saturated heterocycles. The molecule has 0 amide bonds. The van der Waals surface area contributed by atoms with E-state index in [-0.39, 0.29) is 6.10 Å². The molecule has 2 aliphatic rings. The van der Waals surface area contributed by atoms with Crippen LogP contribution in [0.4, 0.5) is 0 Å². The Morgan fingerprint density at radius 3 is 2.11 bits per heavy atom. The van der Waals surface area contributed by atoms with Crippen molar-refractivity contribution in [3.8, 4) is 0 Å². The van der Waals surface area contributed by atoms with Crippen LogP contribution >= 0.6 is 15.9 Å². The molecule has 3 heteroatoms. The Labute approximate surface area is 172 Å². The van der Waals surface area contributed by atoms with E-state index in [1.807, 2.05) is 25.3 Å². The summed E-state index contributed by atoms with van der Waals surface area (Å²) in [5.74, 6) is 0.969. The van der Waals surface area contributed by atoms with Crippen LogP contribution in [-0.2, 0) is 4.74 Å². The predicted octanol–water partition coefficient (Wildman–Crippen LogP) is 6.36. The van der Waals surface area contributed by atoms with Crippen molar-refractivity contribution in [1.29, 1.82) is 0 Å². The number of rotatable bonds is 3. The molecule has 0 radical (unpaired) electrons. The number of methoxy groups -OCH3 is 1. The van der Waals surface area contributed by atoms with Gasteiger partial charge >= 0.3 is 0 Å². The molecule has 0 bridgehead atoms. The summed E-state index contributed by atoms with van der Waals surface area (Å²) >= 11 is 3.52. The van der Waals surface area contributed by atoms with Gasteiger partial charge < -0.3 is 9.84 Å². The lowest BCUT2D eigenvalue weighted by Gasteiger charge is -2.20. The Bertz CT molecular complexity index is 730. The second kappa shape index (κ2) is 9.86. The zero-order valence-corrected chi connectivity index (χ0v) is 18.0. The second-order valence-corrected chi connectivity index (χ2v) is 8.65. The number of halogens is 1. The minimum Gasteiger partial charge on any atom is -0.392 e. The van der Waals surface area contributed by atoms with Gasteiger partial charge in [0.1, 0.15) is 0 Å². The highest BCUT2D eigenvalue weighted by atomic mass is 79.9. The van der Waals surface area contributed by atoms with Crippen molar-refractivity contribution in [3.63, 3.8) is 0 Å². The molecule has 1 N–H and O–H groups in total. The average molecular weight is 431 g/mol. The van der Waals surface area contributed by atoms with Gasteiger partial charge in [-0.1, -0.05) is 71.2 Å². The standard InChI is InChI=1S/C13H18O.C11H13BrO/c1-10-6-3-4-7-11(10)12-8-5-9-13(12)14-2;12-10-6-2-1-4-8(10)9-5-3-7-11(9)13/h3-4,6-7,12-13H,5,8-9H2,1-2H3;1-2,4,6,9,11,13H,3,5,7H2/t12?,13-;9?,11-/m00/s1. The molecule has 2 unspecified atom stereocenters. The van der Waals surface area contributed by atoms with Gasteiger partial charge in [-0.2, -0.15) is 0 Å². The Hall–Kier alpha value is -1.16. The summed E-state index contributed by atoms with van der Waals surface area (Å²) in [4.78, 5) is 0. The summed E-state index contributed by atoms with van der Waals surface area (Å²) in [6, 6.07) is 16.9. The van der Waals surface area contributed by atoms with Crippen LogP contribution < -0.4 is 0 Å². The molecule has 0 heterocycles. The van der Waals surface area contributed by atoms with Gasteiger partial charge in [-0.15, -0.1) is 0 Å². The highest BCUT2D eigenvalue weighted by Gasteiger charge is 2.29. The molecule has 2 aliphatic carbocycles. The Balaban J connectivity index is 0.000000156. The zero-order chi connectivity index (χ0) is 19.2. The minimum absolute atomic E-state index is 0.140. The van der Waals surface area contributed by atoms with E-state index < -0.39 is 0 Å². The Morgan fingerprint density at radius 2 is 1.48 bits per heavy atom. The van der Waals surface area contributed by atoms with Crippen molar-refractivity contribution in [2.75, 3.05) is 7.11 Å². The maximum Gasteiger partial charge on any atom is 0.0639 e. The molecule has 146 valence electrons. The second-order valence-electron chi connectivity index (χ2n) is 7.79. The number of aliphatic hydroxyl groups excluding tert-OH is 1. The van der Waals surface area contributed by atoms with Crippen molar-refractivity contribution in [2.24, 2.45) is 0 Å². The molecular weight excluding hydrogens is 400 g/mol. The van der Waals surface area contributed by atoms with Crippen LogP contribution in [0, 0.1) is 6.92 Å². The number of ether oxygens (including phenoxy) is 1. The van der Waals surface area contributed by atoms with Crippen LogP contribution in [0.2, 0.25) is 0 Å². The SMILES string of the molecule is CO[C@H]1CCCC1c1ccccc1C.O[C@H]1CCCC1c1ccccc1Br. The van der Waals surface area contributed by atoms with E-state index in [1.54, 1.807) is 0 Å². The van der Waals surface area contributed by atoms with E-state index >= 15 is 0 Å². The molecule has 27 heavy (non-hydrogen) atoms. The van der Waals surface area contributed by atoms with Crippen LogP contribution in [0.5, 0.6) is 0 Å². The predicted molar refractivity (Wildman–Crippen MR) is 115 cm³/mol. The average Bonchev–Trinajstić information content (AvgIpc) is 3.32. The summed E-state index contributed by atoms with van der Waals surface area (Å²) in [5.41, 5.74) is 4.14. The van der Waals surface area contributed by atoms with Crippen LogP contribution in [0.15, 0.2) is 53.0 Å². The molecule has 2 aromatic carbocycles. The normalized spacial score (nSPS) is 27.3. The lowest BCUT2D eigenvalue weighted by molar-refractivity contribution is 0.0944. The van der Waals surface area contributed by atoms with E-state index in [0.29, 0.717) is 17.9 Å². The van der Waals surface area contributed by atoms with Crippen LogP contribution in [0.25, 0.3) is 0 Å². The monoisotopic (exact) mass is 430 g/mol. The fourth-order valence-electron chi connectivity index (χ4n) is 4.65. The molecule has 2 nitrogen and oxygen atoms in total. The summed E-state index contributed by atoms with van der Waals surface area (Å²) in [6.07, 6.45) is 7.31. The van der Waals surface area contributed by atoms with Crippen molar-refractivity contribution in [2.45, 2.75) is 69.5 Å². The maximum absolute atomic E-state index is 9.75. The van der Waals surface area contributed by atoms with Gasteiger partial charge in [-0.25, -0.2) is 0 Å². The summed E-state index contributed by atoms with van der Waals surface area (Å²) < 4.78 is 6.66. The summed E-state index contributed by atoms with van der Waals surface area (Å²) in [6.45, 7) is 2.19. The lowest BCUT2D eigenvalue weighted by Crippen LogP contribution is -2.15. The summed E-state index contributed by atoms with van der Waals surface area (Å²) in [5, 5.41) is 9.75. The highest BCUT2D eigenvalue weighted by molar-refractivity contribution is 9.10. The first-order valence-electron chi connectivity index (χ1n) is 10.1. The van der Waals surface area contributed by atoms with Gasteiger partial charge in [0.15, 0.2) is 0 Å². The summed E-state index contributed by atoms with van der Waals surface area (Å²) in [7, 11) is 1.83. The third kappa shape index (κ3) is 5.01. The Kier molecular flexibility index (Phi) is 7.51.